The number of rotatable bonds is 5. The molecule has 0 amide bonds. The molecule has 0 aliphatic rings. The van der Waals surface area contributed by atoms with E-state index in [1.807, 2.05) is 45.0 Å². The van der Waals surface area contributed by atoms with Crippen LogP contribution in [0.15, 0.2) is 60.7 Å². The van der Waals surface area contributed by atoms with Gasteiger partial charge in [0.05, 0.1) is 5.57 Å². The van der Waals surface area contributed by atoms with Gasteiger partial charge < -0.3 is 9.84 Å². The second kappa shape index (κ2) is 7.25. The fourth-order valence-corrected chi connectivity index (χ4v) is 2.32. The van der Waals surface area contributed by atoms with Crippen LogP contribution in [0.4, 0.5) is 0 Å². The number of esters is 1. The molecule has 0 radical (unpaired) electrons. The molecule has 0 spiro atoms. The average molecular weight is 310 g/mol. The lowest BCUT2D eigenvalue weighted by molar-refractivity contribution is -0.131. The number of hydrogen-bond donors (Lipinski definition) is 1. The lowest BCUT2D eigenvalue weighted by atomic mass is 10.0. The highest BCUT2D eigenvalue weighted by atomic mass is 16.5. The van der Waals surface area contributed by atoms with Gasteiger partial charge in [-0.2, -0.15) is 0 Å². The summed E-state index contributed by atoms with van der Waals surface area (Å²) in [5.41, 5.74) is 2.59. The molecule has 2 aromatic rings. The van der Waals surface area contributed by atoms with Crippen molar-refractivity contribution in [3.8, 4) is 5.75 Å². The normalized spacial score (nSPS) is 12.0. The van der Waals surface area contributed by atoms with Crippen molar-refractivity contribution in [3.63, 3.8) is 0 Å². The maximum absolute atomic E-state index is 12.3. The first kappa shape index (κ1) is 17.0. The third-order valence-electron chi connectivity index (χ3n) is 3.70. The van der Waals surface area contributed by atoms with Crippen molar-refractivity contribution in [2.45, 2.75) is 32.8 Å². The van der Waals surface area contributed by atoms with E-state index in [0.29, 0.717) is 11.3 Å². The number of carbonyl (C=O) groups excluding carboxylic acids is 1. The van der Waals surface area contributed by atoms with Gasteiger partial charge in [-0.1, -0.05) is 62.9 Å². The predicted molar refractivity (Wildman–Crippen MR) is 91.4 cm³/mol. The first-order valence-electron chi connectivity index (χ1n) is 7.64. The van der Waals surface area contributed by atoms with Crippen molar-refractivity contribution >= 4 is 5.97 Å². The van der Waals surface area contributed by atoms with Crippen LogP contribution in [0.25, 0.3) is 0 Å². The number of ether oxygens (including phenoxy) is 1. The van der Waals surface area contributed by atoms with E-state index in [2.05, 4.69) is 6.58 Å². The molecule has 0 fully saturated rings. The molecule has 1 N–H and O–H groups in total. The Labute approximate surface area is 137 Å². The van der Waals surface area contributed by atoms with Crippen molar-refractivity contribution in [1.29, 1.82) is 0 Å². The molecular weight excluding hydrogens is 288 g/mol. The van der Waals surface area contributed by atoms with Crippen LogP contribution in [0.1, 0.15) is 42.6 Å². The maximum Gasteiger partial charge on any atom is 0.341 e. The van der Waals surface area contributed by atoms with E-state index in [1.165, 1.54) is 0 Å². The molecule has 2 rings (SSSR count). The Morgan fingerprint density at radius 3 is 2.39 bits per heavy atom. The molecule has 3 heteroatoms. The summed E-state index contributed by atoms with van der Waals surface area (Å²) in [5.74, 6) is 0.131. The smallest absolute Gasteiger partial charge is 0.341 e. The van der Waals surface area contributed by atoms with Gasteiger partial charge in [-0.25, -0.2) is 4.79 Å². The molecule has 1 unspecified atom stereocenters. The largest absolute Gasteiger partial charge is 0.423 e. The van der Waals surface area contributed by atoms with E-state index in [1.54, 1.807) is 24.3 Å². The van der Waals surface area contributed by atoms with Crippen LogP contribution in [0, 0.1) is 6.92 Å². The van der Waals surface area contributed by atoms with Gasteiger partial charge >= 0.3 is 5.97 Å². The third kappa shape index (κ3) is 4.08. The molecule has 1 atom stereocenters. The zero-order valence-electron chi connectivity index (χ0n) is 13.7. The van der Waals surface area contributed by atoms with Gasteiger partial charge in [-0.15, -0.1) is 0 Å². The molecule has 120 valence electrons. The van der Waals surface area contributed by atoms with Crippen molar-refractivity contribution in [2.75, 3.05) is 0 Å². The minimum absolute atomic E-state index is 0.0208. The Morgan fingerprint density at radius 2 is 1.78 bits per heavy atom. The highest BCUT2D eigenvalue weighted by Gasteiger charge is 2.21. The highest BCUT2D eigenvalue weighted by Crippen LogP contribution is 2.29. The monoisotopic (exact) mass is 310 g/mol. The average Bonchev–Trinajstić information content (AvgIpc) is 2.54. The summed E-state index contributed by atoms with van der Waals surface area (Å²) < 4.78 is 5.49. The Kier molecular flexibility index (Phi) is 5.35. The summed E-state index contributed by atoms with van der Waals surface area (Å²) in [4.78, 5) is 12.3. The van der Waals surface area contributed by atoms with Crippen molar-refractivity contribution < 1.29 is 14.6 Å². The molecule has 23 heavy (non-hydrogen) atoms. The van der Waals surface area contributed by atoms with Crippen molar-refractivity contribution in [1.82, 2.24) is 0 Å². The summed E-state index contributed by atoms with van der Waals surface area (Å²) >= 11 is 0. The molecule has 0 saturated carbocycles. The summed E-state index contributed by atoms with van der Waals surface area (Å²) in [6.07, 6.45) is -1.07. The summed E-state index contributed by atoms with van der Waals surface area (Å²) in [6, 6.07) is 14.7. The number of aryl methyl sites for hydroxylation is 1. The van der Waals surface area contributed by atoms with E-state index in [4.69, 9.17) is 4.74 Å². The van der Waals surface area contributed by atoms with Crippen molar-refractivity contribution in [2.24, 2.45) is 0 Å². The van der Waals surface area contributed by atoms with E-state index >= 15 is 0 Å². The van der Waals surface area contributed by atoms with E-state index in [-0.39, 0.29) is 11.5 Å². The van der Waals surface area contributed by atoms with Crippen LogP contribution in [0.3, 0.4) is 0 Å². The third-order valence-corrected chi connectivity index (χ3v) is 3.70. The molecule has 0 aromatic heterocycles. The number of benzene rings is 2. The molecule has 0 aliphatic carbocycles. The second-order valence-corrected chi connectivity index (χ2v) is 5.92. The quantitative estimate of drug-likeness (QED) is 0.508. The number of carbonyl (C=O) groups is 1. The van der Waals surface area contributed by atoms with E-state index < -0.39 is 12.1 Å². The molecule has 3 nitrogen and oxygen atoms in total. The van der Waals surface area contributed by atoms with Crippen LogP contribution in [0.2, 0.25) is 0 Å². The Balaban J connectivity index is 2.19. The standard InChI is InChI=1S/C20H22O3/c1-13(2)17-11-10-14(3)12-18(17)23-20(22)15(4)19(21)16-8-6-5-7-9-16/h5-13,19,21H,4H2,1-3H3. The number of aliphatic hydroxyl groups is 1. The number of aliphatic hydroxyl groups excluding tert-OH is 1. The molecule has 0 heterocycles. The summed E-state index contributed by atoms with van der Waals surface area (Å²) in [5, 5.41) is 10.3. The van der Waals surface area contributed by atoms with Crippen LogP contribution in [-0.4, -0.2) is 11.1 Å². The zero-order chi connectivity index (χ0) is 17.0. The van der Waals surface area contributed by atoms with Gasteiger partial charge in [-0.05, 0) is 35.6 Å². The van der Waals surface area contributed by atoms with Gasteiger partial charge in [0, 0.05) is 0 Å². The summed E-state index contributed by atoms with van der Waals surface area (Å²) in [6.45, 7) is 9.71. The fourth-order valence-electron chi connectivity index (χ4n) is 2.32. The molecule has 0 bridgehead atoms. The summed E-state index contributed by atoms with van der Waals surface area (Å²) in [7, 11) is 0. The zero-order valence-corrected chi connectivity index (χ0v) is 13.7. The van der Waals surface area contributed by atoms with E-state index in [0.717, 1.165) is 11.1 Å². The van der Waals surface area contributed by atoms with Gasteiger partial charge in [-0.3, -0.25) is 0 Å². The van der Waals surface area contributed by atoms with Crippen LogP contribution in [-0.2, 0) is 4.79 Å². The molecule has 0 aliphatic heterocycles. The van der Waals surface area contributed by atoms with Crippen LogP contribution < -0.4 is 4.74 Å². The first-order chi connectivity index (χ1) is 10.9. The van der Waals surface area contributed by atoms with Gasteiger partial charge in [0.25, 0.3) is 0 Å². The minimum Gasteiger partial charge on any atom is -0.423 e. The molecule has 2 aromatic carbocycles. The van der Waals surface area contributed by atoms with Gasteiger partial charge in [0.2, 0.25) is 0 Å². The van der Waals surface area contributed by atoms with E-state index in [9.17, 15) is 9.90 Å². The minimum atomic E-state index is -1.07. The molecule has 0 saturated heterocycles. The van der Waals surface area contributed by atoms with Crippen LogP contribution in [0.5, 0.6) is 5.75 Å². The SMILES string of the molecule is C=C(C(=O)Oc1cc(C)ccc1C(C)C)C(O)c1ccccc1. The Hall–Kier alpha value is -2.39. The topological polar surface area (TPSA) is 46.5 Å². The lowest BCUT2D eigenvalue weighted by Crippen LogP contribution is -2.17. The maximum atomic E-state index is 12.3. The molecular formula is C20H22O3. The Bertz CT molecular complexity index is 702. The van der Waals surface area contributed by atoms with Crippen molar-refractivity contribution in [3.05, 3.63) is 77.4 Å². The van der Waals surface area contributed by atoms with Gasteiger partial charge in [0.1, 0.15) is 11.9 Å². The first-order valence-corrected chi connectivity index (χ1v) is 7.64. The lowest BCUT2D eigenvalue weighted by Gasteiger charge is -2.16. The Morgan fingerprint density at radius 1 is 1.13 bits per heavy atom. The number of hydrogen-bond acceptors (Lipinski definition) is 3. The predicted octanol–water partition coefficient (Wildman–Crippen LogP) is 4.31. The highest BCUT2D eigenvalue weighted by molar-refractivity contribution is 5.91. The van der Waals surface area contributed by atoms with Crippen LogP contribution >= 0.6 is 0 Å². The fraction of sp³-hybridized carbons (Fsp3) is 0.250. The second-order valence-electron chi connectivity index (χ2n) is 5.92. The van der Waals surface area contributed by atoms with Gasteiger partial charge in [0.15, 0.2) is 0 Å².